The Hall–Kier alpha value is -0.818. The summed E-state index contributed by atoms with van der Waals surface area (Å²) in [7, 11) is 0. The molecule has 19 heavy (non-hydrogen) atoms. The standard InChI is InChI=1S/C7H6O2.2C4H9.Al.H2O/c8-7(9)6-4-2-1-3-5-6;2*1-4(2)3;;/h1-5H,(H,8,9);2*1-3H3;;1H2. The van der Waals surface area contributed by atoms with E-state index in [2.05, 4.69) is 41.5 Å². The van der Waals surface area contributed by atoms with Crippen molar-refractivity contribution in [1.82, 2.24) is 0 Å². The number of benzene rings is 1. The van der Waals surface area contributed by atoms with E-state index in [9.17, 15) is 4.79 Å². The molecule has 1 radical (unpaired) electrons. The molecule has 4 heteroatoms. The number of carboxylic acids is 1. The molecule has 0 saturated carbocycles. The van der Waals surface area contributed by atoms with Crippen LogP contribution in [0.4, 0.5) is 0 Å². The molecule has 0 amide bonds. The van der Waals surface area contributed by atoms with Crippen LogP contribution in [0.2, 0.25) is 8.55 Å². The van der Waals surface area contributed by atoms with Gasteiger partial charge in [0.05, 0.1) is 5.56 Å². The molecule has 1 rings (SSSR count). The Morgan fingerprint density at radius 3 is 1.47 bits per heavy atom. The second-order valence-corrected chi connectivity index (χ2v) is 10.3. The second kappa shape index (κ2) is 8.37. The first-order valence-corrected chi connectivity index (χ1v) is 7.32. The summed E-state index contributed by atoms with van der Waals surface area (Å²) in [5.41, 5.74) is 0.331. The van der Waals surface area contributed by atoms with Gasteiger partial charge < -0.3 is 10.6 Å². The molecule has 0 atom stereocenters. The molecule has 1 aromatic rings. The minimum atomic E-state index is -0.879. The summed E-state index contributed by atoms with van der Waals surface area (Å²) in [6.07, 6.45) is 0. The Morgan fingerprint density at radius 2 is 1.32 bits per heavy atom. The highest BCUT2D eigenvalue weighted by Crippen LogP contribution is 2.33. The highest BCUT2D eigenvalue weighted by atomic mass is 27.1. The van der Waals surface area contributed by atoms with Gasteiger partial charge >= 0.3 is 5.97 Å². The molecule has 3 N–H and O–H groups in total. The van der Waals surface area contributed by atoms with Crippen LogP contribution in [-0.4, -0.2) is 31.8 Å². The predicted molar refractivity (Wildman–Crippen MR) is 82.2 cm³/mol. The smallest absolute Gasteiger partial charge is 0.335 e. The summed E-state index contributed by atoms with van der Waals surface area (Å²) < 4.78 is 1.14. The normalized spacial score (nSPS) is 10.6. The molecule has 0 fully saturated rings. The molecule has 0 saturated heterocycles. The van der Waals surface area contributed by atoms with E-state index >= 15 is 0 Å². The van der Waals surface area contributed by atoms with Gasteiger partial charge in [-0.2, -0.15) is 0 Å². The number of rotatable bonds is 1. The highest BCUT2D eigenvalue weighted by molar-refractivity contribution is 6.43. The number of aromatic carboxylic acids is 1. The van der Waals surface area contributed by atoms with E-state index < -0.39 is 5.97 Å². The molecule has 0 bridgehead atoms. The van der Waals surface area contributed by atoms with Gasteiger partial charge in [0, 0.05) is 0 Å². The number of carbonyl (C=O) groups is 1. The molecule has 3 nitrogen and oxygen atoms in total. The maximum atomic E-state index is 10.2. The van der Waals surface area contributed by atoms with Crippen LogP contribution in [0.25, 0.3) is 0 Å². The van der Waals surface area contributed by atoms with Crippen molar-refractivity contribution in [3.8, 4) is 0 Å². The zero-order valence-corrected chi connectivity index (χ0v) is 14.0. The van der Waals surface area contributed by atoms with Crippen LogP contribution in [0, 0.1) is 0 Å². The van der Waals surface area contributed by atoms with Crippen LogP contribution in [0.5, 0.6) is 0 Å². The van der Waals surface area contributed by atoms with Crippen molar-refractivity contribution in [2.45, 2.75) is 50.1 Å². The molecule has 107 valence electrons. The fraction of sp³-hybridized carbons (Fsp3) is 0.533. The second-order valence-electron chi connectivity index (χ2n) is 6.55. The van der Waals surface area contributed by atoms with Crippen LogP contribution in [-0.2, 0) is 0 Å². The molecule has 0 aliphatic heterocycles. The van der Waals surface area contributed by atoms with Gasteiger partial charge in [0.2, 0.25) is 15.2 Å². The average molecular weight is 281 g/mol. The molecule has 0 aliphatic rings. The van der Waals surface area contributed by atoms with Crippen molar-refractivity contribution in [3.05, 3.63) is 35.9 Å². The lowest BCUT2D eigenvalue weighted by molar-refractivity contribution is 0.0697. The lowest BCUT2D eigenvalue weighted by Gasteiger charge is -2.26. The zero-order valence-electron chi connectivity index (χ0n) is 12.8. The van der Waals surface area contributed by atoms with Crippen LogP contribution >= 0.6 is 0 Å². The van der Waals surface area contributed by atoms with E-state index in [1.807, 2.05) is 0 Å². The van der Waals surface area contributed by atoms with Crippen molar-refractivity contribution < 1.29 is 15.4 Å². The quantitative estimate of drug-likeness (QED) is 0.798. The van der Waals surface area contributed by atoms with Gasteiger partial charge in [0.15, 0.2) is 0 Å². The molecule has 0 spiro atoms. The SMILES string of the molecule is C[C](C)(C)[Al][C](C)(C)C.O.O=C(O)c1ccccc1. The summed E-state index contributed by atoms with van der Waals surface area (Å²) in [6.45, 7) is 14.0. The van der Waals surface area contributed by atoms with E-state index in [1.54, 1.807) is 30.3 Å². The van der Waals surface area contributed by atoms with Gasteiger partial charge in [-0.25, -0.2) is 4.79 Å². The Morgan fingerprint density at radius 1 is 0.947 bits per heavy atom. The summed E-state index contributed by atoms with van der Waals surface area (Å²) in [5.74, 6) is -0.879. The van der Waals surface area contributed by atoms with Gasteiger partial charge in [-0.05, 0) is 12.1 Å². The third-order valence-electron chi connectivity index (χ3n) is 1.89. The van der Waals surface area contributed by atoms with Gasteiger partial charge in [-0.1, -0.05) is 68.3 Å². The topological polar surface area (TPSA) is 68.8 Å². The minimum Gasteiger partial charge on any atom is -0.478 e. The predicted octanol–water partition coefficient (Wildman–Crippen LogP) is 3.69. The molecule has 0 heterocycles. The molecular weight excluding hydrogens is 255 g/mol. The van der Waals surface area contributed by atoms with Crippen molar-refractivity contribution in [1.29, 1.82) is 0 Å². The maximum Gasteiger partial charge on any atom is 0.335 e. The minimum absolute atomic E-state index is 0. The van der Waals surface area contributed by atoms with Gasteiger partial charge in [-0.15, -0.1) is 0 Å². The molecule has 0 aromatic heterocycles. The fourth-order valence-electron chi connectivity index (χ4n) is 1.88. The van der Waals surface area contributed by atoms with Crippen molar-refractivity contribution >= 4 is 21.2 Å². The fourth-order valence-corrected chi connectivity index (χ4v) is 4.48. The van der Waals surface area contributed by atoms with Gasteiger partial charge in [-0.3, -0.25) is 0 Å². The molecule has 0 aliphatic carbocycles. The summed E-state index contributed by atoms with van der Waals surface area (Å²) in [4.78, 5) is 10.2. The molecule has 1 aromatic carbocycles. The van der Waals surface area contributed by atoms with Crippen molar-refractivity contribution in [3.63, 3.8) is 0 Å². The van der Waals surface area contributed by atoms with Crippen LogP contribution in [0.15, 0.2) is 30.3 Å². The third-order valence-corrected chi connectivity index (χ3v) is 3.62. The van der Waals surface area contributed by atoms with E-state index in [4.69, 9.17) is 5.11 Å². The van der Waals surface area contributed by atoms with E-state index in [1.165, 1.54) is 0 Å². The van der Waals surface area contributed by atoms with Crippen molar-refractivity contribution in [2.75, 3.05) is 0 Å². The Labute approximate surface area is 123 Å². The average Bonchev–Trinajstić information content (AvgIpc) is 2.14. The first-order valence-electron chi connectivity index (χ1n) is 6.17. The first kappa shape index (κ1) is 20.5. The largest absolute Gasteiger partial charge is 0.478 e. The van der Waals surface area contributed by atoms with E-state index in [0.29, 0.717) is 29.3 Å². The number of hydrogen-bond donors (Lipinski definition) is 1. The number of carboxylic acid groups (broad SMARTS) is 1. The Bertz CT molecular complexity index is 349. The number of hydrogen-bond acceptors (Lipinski definition) is 1. The Kier molecular flexibility index (Phi) is 9.03. The van der Waals surface area contributed by atoms with Crippen molar-refractivity contribution in [2.24, 2.45) is 0 Å². The summed E-state index contributed by atoms with van der Waals surface area (Å²) in [6, 6.07) is 8.30. The maximum absolute atomic E-state index is 10.2. The van der Waals surface area contributed by atoms with Gasteiger partial charge in [0.25, 0.3) is 0 Å². The lowest BCUT2D eigenvalue weighted by Crippen LogP contribution is -2.18. The van der Waals surface area contributed by atoms with Crippen LogP contribution in [0.1, 0.15) is 51.9 Å². The molecular formula is C15H26AlO3. The van der Waals surface area contributed by atoms with Crippen LogP contribution < -0.4 is 0 Å². The lowest BCUT2D eigenvalue weighted by atomic mass is 10.2. The molecule has 0 unspecified atom stereocenters. The highest BCUT2D eigenvalue weighted by Gasteiger charge is 2.22. The summed E-state index contributed by atoms with van der Waals surface area (Å²) in [5, 5.41) is 8.38. The van der Waals surface area contributed by atoms with Crippen LogP contribution in [0.3, 0.4) is 0 Å². The first-order chi connectivity index (χ1) is 8.01. The zero-order chi connectivity index (χ0) is 14.4. The third kappa shape index (κ3) is 13.4. The van der Waals surface area contributed by atoms with E-state index in [0.717, 1.165) is 0 Å². The Balaban J connectivity index is 0. The summed E-state index contributed by atoms with van der Waals surface area (Å²) >= 11 is 0.569. The monoisotopic (exact) mass is 281 g/mol. The van der Waals surface area contributed by atoms with E-state index in [-0.39, 0.29) is 5.48 Å². The van der Waals surface area contributed by atoms with Gasteiger partial charge in [0.1, 0.15) is 0 Å².